The summed E-state index contributed by atoms with van der Waals surface area (Å²) in [6.07, 6.45) is 0. The minimum Gasteiger partial charge on any atom is -0.456 e. The number of benzene rings is 6. The number of aliphatic imine (C=N–C) groups is 2. The van der Waals surface area contributed by atoms with Gasteiger partial charge in [-0.25, -0.2) is 9.98 Å². The molecule has 214 valence electrons. The van der Waals surface area contributed by atoms with E-state index in [-0.39, 0.29) is 0 Å². The average molecular weight is 581 g/mol. The molecule has 1 N–H and O–H groups in total. The molecule has 3 heterocycles. The second-order valence-corrected chi connectivity index (χ2v) is 11.7. The third kappa shape index (κ3) is 4.09. The zero-order valence-electron chi connectivity index (χ0n) is 24.6. The summed E-state index contributed by atoms with van der Waals surface area (Å²) in [6, 6.07) is 50.4. The van der Waals surface area contributed by atoms with Crippen LogP contribution in [0.25, 0.3) is 49.4 Å². The van der Waals surface area contributed by atoms with Crippen LogP contribution in [0.1, 0.15) is 23.6 Å². The molecule has 0 saturated carbocycles. The summed E-state index contributed by atoms with van der Waals surface area (Å²) in [6.45, 7) is 2.10. The second-order valence-electron chi connectivity index (χ2n) is 11.7. The minimum absolute atomic E-state index is 0.674. The standard InChI is InChI=1S/C40H28N4O/c1-40(28-14-6-3-7-15-28)42-38(26-12-4-2-5-13-26)41-39(43-40)27-20-22-29(23-21-27)44-34-18-10-8-16-30(34)32-24-33-31-17-9-11-19-36(31)45-37(33)25-35(32)44/h2-25H,1H3,(H,41,42,43). The fraction of sp³-hybridized carbons (Fsp3) is 0.0500. The van der Waals surface area contributed by atoms with Crippen molar-refractivity contribution in [1.29, 1.82) is 0 Å². The number of aromatic nitrogens is 1. The first-order chi connectivity index (χ1) is 22.1. The molecular formula is C40H28N4O. The van der Waals surface area contributed by atoms with Crippen LogP contribution in [0.15, 0.2) is 160 Å². The maximum Gasteiger partial charge on any atom is 0.159 e. The number of furan rings is 1. The number of para-hydroxylation sites is 2. The van der Waals surface area contributed by atoms with Crippen LogP contribution in [0.5, 0.6) is 0 Å². The summed E-state index contributed by atoms with van der Waals surface area (Å²) in [5.74, 6) is 1.49. The quantitative estimate of drug-likeness (QED) is 0.225. The molecule has 0 bridgehead atoms. The molecule has 0 spiro atoms. The van der Waals surface area contributed by atoms with Crippen LogP contribution in [-0.2, 0) is 5.66 Å². The van der Waals surface area contributed by atoms with E-state index in [1.165, 1.54) is 10.8 Å². The summed E-state index contributed by atoms with van der Waals surface area (Å²) in [4.78, 5) is 10.2. The Labute approximate surface area is 259 Å². The Bertz CT molecular complexity index is 2450. The van der Waals surface area contributed by atoms with Gasteiger partial charge in [-0.05, 0) is 55.0 Å². The zero-order chi connectivity index (χ0) is 30.0. The van der Waals surface area contributed by atoms with Gasteiger partial charge in [0.1, 0.15) is 17.0 Å². The predicted molar refractivity (Wildman–Crippen MR) is 185 cm³/mol. The monoisotopic (exact) mass is 580 g/mol. The van der Waals surface area contributed by atoms with Crippen molar-refractivity contribution in [2.24, 2.45) is 9.98 Å². The SMILES string of the molecule is CC1(c2ccccc2)N=C(c2ccc(-n3c4ccccc4c4cc5c(cc43)oc3ccccc35)cc2)N=C(c2ccccc2)N1. The van der Waals surface area contributed by atoms with Gasteiger partial charge in [0, 0.05) is 44.4 Å². The Balaban J connectivity index is 1.19. The molecule has 1 aliphatic rings. The Morgan fingerprint density at radius 2 is 1.27 bits per heavy atom. The van der Waals surface area contributed by atoms with E-state index in [1.807, 2.05) is 48.5 Å². The van der Waals surface area contributed by atoms with Gasteiger partial charge in [-0.15, -0.1) is 0 Å². The van der Waals surface area contributed by atoms with Gasteiger partial charge in [0.05, 0.1) is 11.0 Å². The van der Waals surface area contributed by atoms with E-state index in [2.05, 4.69) is 114 Å². The van der Waals surface area contributed by atoms with Crippen molar-refractivity contribution in [3.05, 3.63) is 162 Å². The van der Waals surface area contributed by atoms with Gasteiger partial charge >= 0.3 is 0 Å². The summed E-state index contributed by atoms with van der Waals surface area (Å²) in [7, 11) is 0. The highest BCUT2D eigenvalue weighted by atomic mass is 16.3. The van der Waals surface area contributed by atoms with Gasteiger partial charge in [0.25, 0.3) is 0 Å². The molecular weight excluding hydrogens is 552 g/mol. The lowest BCUT2D eigenvalue weighted by molar-refractivity contribution is 0.455. The lowest BCUT2D eigenvalue weighted by atomic mass is 9.99. The topological polar surface area (TPSA) is 54.8 Å². The number of nitrogens with one attached hydrogen (secondary N) is 1. The lowest BCUT2D eigenvalue weighted by Gasteiger charge is -2.33. The number of hydrogen-bond acceptors (Lipinski definition) is 4. The molecule has 6 aromatic carbocycles. The minimum atomic E-state index is -0.674. The van der Waals surface area contributed by atoms with Gasteiger partial charge < -0.3 is 14.3 Å². The number of fused-ring (bicyclic) bond motifs is 6. The second kappa shape index (κ2) is 9.79. The van der Waals surface area contributed by atoms with Gasteiger partial charge in [-0.1, -0.05) is 97.1 Å². The van der Waals surface area contributed by atoms with Crippen LogP contribution in [0.3, 0.4) is 0 Å². The average Bonchev–Trinajstić information content (AvgIpc) is 3.62. The summed E-state index contributed by atoms with van der Waals surface area (Å²) in [5, 5.41) is 8.29. The molecule has 0 aliphatic carbocycles. The molecule has 9 rings (SSSR count). The fourth-order valence-corrected chi connectivity index (χ4v) is 6.62. The number of nitrogens with zero attached hydrogens (tertiary/aromatic N) is 3. The first-order valence-corrected chi connectivity index (χ1v) is 15.2. The molecule has 5 nitrogen and oxygen atoms in total. The number of rotatable bonds is 4. The molecule has 0 fully saturated rings. The number of hydrogen-bond donors (Lipinski definition) is 1. The highest BCUT2D eigenvalue weighted by Gasteiger charge is 2.32. The molecule has 8 aromatic rings. The van der Waals surface area contributed by atoms with Crippen LogP contribution in [0, 0.1) is 0 Å². The summed E-state index contributed by atoms with van der Waals surface area (Å²) in [5.41, 5.74) is 7.48. The van der Waals surface area contributed by atoms with Crippen LogP contribution >= 0.6 is 0 Å². The molecule has 45 heavy (non-hydrogen) atoms. The zero-order valence-corrected chi connectivity index (χ0v) is 24.6. The molecule has 0 radical (unpaired) electrons. The third-order valence-corrected chi connectivity index (χ3v) is 8.85. The van der Waals surface area contributed by atoms with Crippen molar-refractivity contribution in [1.82, 2.24) is 9.88 Å². The smallest absolute Gasteiger partial charge is 0.159 e. The van der Waals surface area contributed by atoms with Crippen LogP contribution in [0.4, 0.5) is 0 Å². The van der Waals surface area contributed by atoms with E-state index in [0.29, 0.717) is 5.84 Å². The Kier molecular flexibility index (Phi) is 5.56. The van der Waals surface area contributed by atoms with Crippen molar-refractivity contribution < 1.29 is 4.42 Å². The molecule has 0 saturated heterocycles. The highest BCUT2D eigenvalue weighted by Crippen LogP contribution is 2.38. The van der Waals surface area contributed by atoms with Crippen molar-refractivity contribution in [3.63, 3.8) is 0 Å². The molecule has 1 aliphatic heterocycles. The van der Waals surface area contributed by atoms with Crippen molar-refractivity contribution >= 4 is 55.4 Å². The first kappa shape index (κ1) is 25.5. The normalized spacial score (nSPS) is 16.6. The maximum atomic E-state index is 6.30. The van der Waals surface area contributed by atoms with E-state index < -0.39 is 5.66 Å². The van der Waals surface area contributed by atoms with Crippen molar-refractivity contribution in [2.45, 2.75) is 12.6 Å². The largest absolute Gasteiger partial charge is 0.456 e. The Morgan fingerprint density at radius 3 is 2.07 bits per heavy atom. The van der Waals surface area contributed by atoms with Crippen LogP contribution < -0.4 is 5.32 Å². The van der Waals surface area contributed by atoms with E-state index in [0.717, 1.165) is 61.2 Å². The summed E-state index contributed by atoms with van der Waals surface area (Å²) < 4.78 is 8.62. The van der Waals surface area contributed by atoms with E-state index >= 15 is 0 Å². The van der Waals surface area contributed by atoms with Gasteiger partial charge in [0.15, 0.2) is 11.5 Å². The van der Waals surface area contributed by atoms with E-state index in [9.17, 15) is 0 Å². The fourth-order valence-electron chi connectivity index (χ4n) is 6.62. The molecule has 2 aromatic heterocycles. The lowest BCUT2D eigenvalue weighted by Crippen LogP contribution is -2.46. The van der Waals surface area contributed by atoms with E-state index in [4.69, 9.17) is 14.4 Å². The van der Waals surface area contributed by atoms with E-state index in [1.54, 1.807) is 0 Å². The van der Waals surface area contributed by atoms with Crippen LogP contribution in [0.2, 0.25) is 0 Å². The third-order valence-electron chi connectivity index (χ3n) is 8.85. The molecule has 5 heteroatoms. The van der Waals surface area contributed by atoms with Crippen molar-refractivity contribution in [3.8, 4) is 5.69 Å². The van der Waals surface area contributed by atoms with Gasteiger partial charge in [-0.3, -0.25) is 0 Å². The van der Waals surface area contributed by atoms with Gasteiger partial charge in [-0.2, -0.15) is 0 Å². The van der Waals surface area contributed by atoms with Crippen LogP contribution in [-0.4, -0.2) is 16.2 Å². The number of amidine groups is 2. The Hall–Kier alpha value is -5.94. The Morgan fingerprint density at radius 1 is 0.578 bits per heavy atom. The predicted octanol–water partition coefficient (Wildman–Crippen LogP) is 9.35. The van der Waals surface area contributed by atoms with Crippen molar-refractivity contribution in [2.75, 3.05) is 0 Å². The molecule has 0 amide bonds. The summed E-state index contributed by atoms with van der Waals surface area (Å²) >= 11 is 0. The first-order valence-electron chi connectivity index (χ1n) is 15.2. The highest BCUT2D eigenvalue weighted by molar-refractivity contribution is 6.17. The molecule has 1 unspecified atom stereocenters. The molecule has 1 atom stereocenters. The maximum absolute atomic E-state index is 6.30. The van der Waals surface area contributed by atoms with Gasteiger partial charge in [0.2, 0.25) is 0 Å².